The molecule has 1 atom stereocenters. The van der Waals surface area contributed by atoms with E-state index >= 15 is 0 Å². The lowest BCUT2D eigenvalue weighted by atomic mass is 10.1. The van der Waals surface area contributed by atoms with Crippen molar-refractivity contribution in [2.45, 2.75) is 31.9 Å². The Morgan fingerprint density at radius 2 is 2.42 bits per heavy atom. The van der Waals surface area contributed by atoms with Crippen LogP contribution >= 0.6 is 12.2 Å². The van der Waals surface area contributed by atoms with Gasteiger partial charge in [0, 0.05) is 6.61 Å². The second-order valence-corrected chi connectivity index (χ2v) is 5.00. The molecule has 3 heterocycles. The number of imidazole rings is 1. The summed E-state index contributed by atoms with van der Waals surface area (Å²) in [6.07, 6.45) is 5.11. The summed E-state index contributed by atoms with van der Waals surface area (Å²) in [5.74, 6) is 0.513. The van der Waals surface area contributed by atoms with E-state index in [4.69, 9.17) is 21.7 Å². The molecule has 0 bridgehead atoms. The van der Waals surface area contributed by atoms with Crippen LogP contribution in [0.2, 0.25) is 0 Å². The molecule has 0 amide bonds. The van der Waals surface area contributed by atoms with E-state index in [-0.39, 0.29) is 6.10 Å². The van der Waals surface area contributed by atoms with Crippen LogP contribution in [0, 0.1) is 4.77 Å². The van der Waals surface area contributed by atoms with E-state index in [2.05, 4.69) is 15.0 Å². The first-order valence-electron chi connectivity index (χ1n) is 6.38. The molecule has 2 aromatic heterocycles. The second kappa shape index (κ2) is 5.26. The van der Waals surface area contributed by atoms with Crippen molar-refractivity contribution < 1.29 is 9.47 Å². The highest BCUT2D eigenvalue weighted by Gasteiger charge is 2.18. The van der Waals surface area contributed by atoms with Crippen molar-refractivity contribution in [3.05, 3.63) is 11.1 Å². The molecular formula is C12H16N4O2S. The molecular weight excluding hydrogens is 264 g/mol. The van der Waals surface area contributed by atoms with Gasteiger partial charge in [0.2, 0.25) is 5.88 Å². The summed E-state index contributed by atoms with van der Waals surface area (Å²) in [6.45, 7) is 1.55. The molecule has 0 aromatic carbocycles. The molecule has 0 saturated carbocycles. The Balaban J connectivity index is 1.98. The van der Waals surface area contributed by atoms with Crippen LogP contribution in [0.4, 0.5) is 0 Å². The quantitative estimate of drug-likeness (QED) is 0.872. The van der Waals surface area contributed by atoms with Gasteiger partial charge in [0.15, 0.2) is 10.4 Å². The number of fused-ring (bicyclic) bond motifs is 1. The predicted octanol–water partition coefficient (Wildman–Crippen LogP) is 2.07. The van der Waals surface area contributed by atoms with E-state index < -0.39 is 0 Å². The summed E-state index contributed by atoms with van der Waals surface area (Å²) in [7, 11) is 1.58. The minimum Gasteiger partial charge on any atom is -0.479 e. The van der Waals surface area contributed by atoms with Crippen LogP contribution in [0.3, 0.4) is 0 Å². The van der Waals surface area contributed by atoms with Crippen molar-refractivity contribution in [1.29, 1.82) is 0 Å². The Kier molecular flexibility index (Phi) is 3.48. The molecule has 1 unspecified atom stereocenters. The van der Waals surface area contributed by atoms with Gasteiger partial charge in [-0.3, -0.25) is 4.57 Å². The predicted molar refractivity (Wildman–Crippen MR) is 72.9 cm³/mol. The van der Waals surface area contributed by atoms with Crippen molar-refractivity contribution in [3.63, 3.8) is 0 Å². The number of nitrogens with zero attached hydrogens (tertiary/aromatic N) is 3. The lowest BCUT2D eigenvalue weighted by Gasteiger charge is -2.22. The molecule has 2 aromatic rings. The maximum atomic E-state index is 5.76. The van der Waals surface area contributed by atoms with Crippen LogP contribution in [-0.2, 0) is 11.3 Å². The van der Waals surface area contributed by atoms with Gasteiger partial charge < -0.3 is 14.5 Å². The van der Waals surface area contributed by atoms with Gasteiger partial charge in [0.25, 0.3) is 0 Å². The summed E-state index contributed by atoms with van der Waals surface area (Å²) >= 11 is 5.36. The zero-order valence-electron chi connectivity index (χ0n) is 10.8. The highest BCUT2D eigenvalue weighted by Crippen LogP contribution is 2.22. The van der Waals surface area contributed by atoms with Gasteiger partial charge in [-0.2, -0.15) is 4.98 Å². The first-order valence-corrected chi connectivity index (χ1v) is 6.79. The number of rotatable bonds is 3. The number of H-pyrrole nitrogens is 1. The summed E-state index contributed by atoms with van der Waals surface area (Å²) in [5, 5.41) is 0. The minimum absolute atomic E-state index is 0.209. The zero-order valence-corrected chi connectivity index (χ0v) is 11.6. The average Bonchev–Trinajstić information content (AvgIpc) is 2.76. The molecule has 7 heteroatoms. The van der Waals surface area contributed by atoms with Gasteiger partial charge in [0.05, 0.1) is 19.8 Å². The lowest BCUT2D eigenvalue weighted by molar-refractivity contribution is 0.00632. The molecule has 102 valence electrons. The molecule has 1 N–H and O–H groups in total. The Morgan fingerprint density at radius 3 is 3.16 bits per heavy atom. The summed E-state index contributed by atoms with van der Waals surface area (Å²) in [6, 6.07) is 0. The monoisotopic (exact) mass is 280 g/mol. The van der Waals surface area contributed by atoms with Crippen LogP contribution < -0.4 is 4.74 Å². The number of hydrogen-bond acceptors (Lipinski definition) is 5. The van der Waals surface area contributed by atoms with Gasteiger partial charge >= 0.3 is 0 Å². The van der Waals surface area contributed by atoms with E-state index in [0.717, 1.165) is 37.2 Å². The van der Waals surface area contributed by atoms with Crippen molar-refractivity contribution in [2.24, 2.45) is 0 Å². The normalized spacial score (nSPS) is 19.7. The van der Waals surface area contributed by atoms with Crippen LogP contribution in [0.25, 0.3) is 11.2 Å². The number of aromatic nitrogens is 4. The second-order valence-electron chi connectivity index (χ2n) is 4.61. The number of aromatic amines is 1. The zero-order chi connectivity index (χ0) is 13.2. The van der Waals surface area contributed by atoms with Gasteiger partial charge in [0.1, 0.15) is 11.8 Å². The summed E-state index contributed by atoms with van der Waals surface area (Å²) in [5.41, 5.74) is 1.51. The molecule has 0 spiro atoms. The van der Waals surface area contributed by atoms with Gasteiger partial charge in [-0.1, -0.05) is 0 Å². The van der Waals surface area contributed by atoms with Crippen LogP contribution in [-0.4, -0.2) is 39.3 Å². The lowest BCUT2D eigenvalue weighted by Crippen LogP contribution is -2.24. The largest absolute Gasteiger partial charge is 0.479 e. The van der Waals surface area contributed by atoms with E-state index in [0.29, 0.717) is 10.7 Å². The fourth-order valence-electron chi connectivity index (χ4n) is 2.42. The van der Waals surface area contributed by atoms with E-state index in [1.54, 1.807) is 7.11 Å². The Bertz CT molecular complexity index is 630. The van der Waals surface area contributed by atoms with Crippen molar-refractivity contribution in [2.75, 3.05) is 13.7 Å². The van der Waals surface area contributed by atoms with Gasteiger partial charge in [-0.05, 0) is 31.5 Å². The molecule has 19 heavy (non-hydrogen) atoms. The fraction of sp³-hybridized carbons (Fsp3) is 0.583. The maximum absolute atomic E-state index is 5.76. The molecule has 1 fully saturated rings. The number of ether oxygens (including phenoxy) is 2. The van der Waals surface area contributed by atoms with E-state index in [1.165, 1.54) is 12.7 Å². The fourth-order valence-corrected chi connectivity index (χ4v) is 2.69. The summed E-state index contributed by atoms with van der Waals surface area (Å²) in [4.78, 5) is 11.5. The summed E-state index contributed by atoms with van der Waals surface area (Å²) < 4.78 is 13.6. The van der Waals surface area contributed by atoms with Crippen molar-refractivity contribution in [3.8, 4) is 5.88 Å². The molecule has 3 rings (SSSR count). The molecule has 0 radical (unpaired) electrons. The first kappa shape index (κ1) is 12.6. The molecule has 1 saturated heterocycles. The number of hydrogen-bond donors (Lipinski definition) is 1. The standard InChI is InChI=1S/C12H16N4O2S/c1-17-11-9-10(13-7-14-11)16(12(19)15-9)6-8-4-2-3-5-18-8/h7-8H,2-6H2,1H3,(H,15,19). The van der Waals surface area contributed by atoms with Gasteiger partial charge in [-0.25, -0.2) is 4.98 Å². The van der Waals surface area contributed by atoms with Crippen molar-refractivity contribution in [1.82, 2.24) is 19.5 Å². The Hall–Kier alpha value is -1.47. The Morgan fingerprint density at radius 1 is 1.53 bits per heavy atom. The smallest absolute Gasteiger partial charge is 0.242 e. The minimum atomic E-state index is 0.209. The van der Waals surface area contributed by atoms with Crippen LogP contribution in [0.15, 0.2) is 6.33 Å². The third-order valence-corrected chi connectivity index (χ3v) is 3.70. The van der Waals surface area contributed by atoms with Crippen LogP contribution in [0.1, 0.15) is 19.3 Å². The van der Waals surface area contributed by atoms with Gasteiger partial charge in [-0.15, -0.1) is 0 Å². The average molecular weight is 280 g/mol. The molecule has 0 aliphatic carbocycles. The number of methoxy groups -OCH3 is 1. The molecule has 1 aliphatic rings. The maximum Gasteiger partial charge on any atom is 0.242 e. The Labute approximate surface area is 115 Å². The van der Waals surface area contributed by atoms with Crippen LogP contribution in [0.5, 0.6) is 5.88 Å². The van der Waals surface area contributed by atoms with E-state index in [1.807, 2.05) is 4.57 Å². The molecule has 1 aliphatic heterocycles. The third kappa shape index (κ3) is 2.35. The highest BCUT2D eigenvalue weighted by atomic mass is 32.1. The number of nitrogens with one attached hydrogen (secondary N) is 1. The highest BCUT2D eigenvalue weighted by molar-refractivity contribution is 7.71. The third-order valence-electron chi connectivity index (χ3n) is 3.38. The van der Waals surface area contributed by atoms with E-state index in [9.17, 15) is 0 Å². The SMILES string of the molecule is COc1ncnc2c1[nH]c(=S)n2CC1CCCCO1. The first-order chi connectivity index (χ1) is 9.29. The topological polar surface area (TPSA) is 65.0 Å². The molecule has 6 nitrogen and oxygen atoms in total. The van der Waals surface area contributed by atoms with Crippen molar-refractivity contribution >= 4 is 23.4 Å².